The summed E-state index contributed by atoms with van der Waals surface area (Å²) in [4.78, 5) is 27.7. The minimum absolute atomic E-state index is 0.129. The first-order valence-electron chi connectivity index (χ1n) is 10.4. The molecule has 1 aliphatic heterocycles. The standard InChI is InChI=1S/C23H29N3O4S/c1-16-11-12-19(15-17(16)2)26(31(4,29)30)18(3)22(27)24-21-10-6-5-9-20(21)23(28)25-13-7-8-14-25/h5-6,9-12,15,18H,7-8,13-14H2,1-4H3,(H,24,27). The Labute approximate surface area is 184 Å². The predicted octanol–water partition coefficient (Wildman–Crippen LogP) is 3.33. The van der Waals surface area contributed by atoms with E-state index in [9.17, 15) is 18.0 Å². The molecular weight excluding hydrogens is 414 g/mol. The summed E-state index contributed by atoms with van der Waals surface area (Å²) in [7, 11) is -3.73. The fraction of sp³-hybridized carbons (Fsp3) is 0.391. The van der Waals surface area contributed by atoms with Gasteiger partial charge in [0.15, 0.2) is 0 Å². The number of nitrogens with one attached hydrogen (secondary N) is 1. The lowest BCUT2D eigenvalue weighted by Gasteiger charge is -2.29. The van der Waals surface area contributed by atoms with Crippen LogP contribution in [0.25, 0.3) is 0 Å². The van der Waals surface area contributed by atoms with Gasteiger partial charge in [-0.15, -0.1) is 0 Å². The van der Waals surface area contributed by atoms with Gasteiger partial charge in [-0.25, -0.2) is 8.42 Å². The molecule has 7 nitrogen and oxygen atoms in total. The average Bonchev–Trinajstić information content (AvgIpc) is 3.24. The Balaban J connectivity index is 1.88. The molecule has 1 N–H and O–H groups in total. The van der Waals surface area contributed by atoms with E-state index < -0.39 is 22.0 Å². The van der Waals surface area contributed by atoms with Crippen molar-refractivity contribution in [2.45, 2.75) is 39.7 Å². The molecule has 3 rings (SSSR count). The lowest BCUT2D eigenvalue weighted by molar-refractivity contribution is -0.116. The predicted molar refractivity (Wildman–Crippen MR) is 123 cm³/mol. The van der Waals surface area contributed by atoms with Crippen molar-refractivity contribution in [1.29, 1.82) is 0 Å². The van der Waals surface area contributed by atoms with Crippen LogP contribution in [0.5, 0.6) is 0 Å². The number of anilines is 2. The van der Waals surface area contributed by atoms with Crippen LogP contribution < -0.4 is 9.62 Å². The number of carbonyl (C=O) groups is 2. The molecule has 0 bridgehead atoms. The van der Waals surface area contributed by atoms with Crippen LogP contribution in [0.2, 0.25) is 0 Å². The van der Waals surface area contributed by atoms with Gasteiger partial charge in [-0.1, -0.05) is 18.2 Å². The molecule has 31 heavy (non-hydrogen) atoms. The molecule has 166 valence electrons. The Morgan fingerprint density at radius 2 is 1.68 bits per heavy atom. The Morgan fingerprint density at radius 1 is 1.03 bits per heavy atom. The van der Waals surface area contributed by atoms with Crippen LogP contribution in [0.3, 0.4) is 0 Å². The third kappa shape index (κ3) is 5.07. The highest BCUT2D eigenvalue weighted by molar-refractivity contribution is 7.92. The van der Waals surface area contributed by atoms with Crippen molar-refractivity contribution in [1.82, 2.24) is 4.90 Å². The number of hydrogen-bond donors (Lipinski definition) is 1. The smallest absolute Gasteiger partial charge is 0.255 e. The first-order chi connectivity index (χ1) is 14.6. The minimum Gasteiger partial charge on any atom is -0.339 e. The van der Waals surface area contributed by atoms with Crippen molar-refractivity contribution in [3.8, 4) is 0 Å². The highest BCUT2D eigenvalue weighted by Gasteiger charge is 2.30. The molecule has 8 heteroatoms. The Kier molecular flexibility index (Phi) is 6.69. The number of sulfonamides is 1. The van der Waals surface area contributed by atoms with E-state index in [0.29, 0.717) is 30.0 Å². The number of likely N-dealkylation sites (tertiary alicyclic amines) is 1. The van der Waals surface area contributed by atoms with E-state index in [0.717, 1.165) is 34.5 Å². The Hall–Kier alpha value is -2.87. The third-order valence-electron chi connectivity index (χ3n) is 5.64. The maximum absolute atomic E-state index is 13.1. The summed E-state index contributed by atoms with van der Waals surface area (Å²) >= 11 is 0. The second kappa shape index (κ2) is 9.09. The molecule has 2 aromatic carbocycles. The maximum atomic E-state index is 13.1. The molecule has 0 spiro atoms. The van der Waals surface area contributed by atoms with Crippen molar-refractivity contribution >= 4 is 33.2 Å². The number of rotatable bonds is 6. The van der Waals surface area contributed by atoms with Gasteiger partial charge in [0.2, 0.25) is 15.9 Å². The van der Waals surface area contributed by atoms with E-state index in [1.54, 1.807) is 41.3 Å². The average molecular weight is 444 g/mol. The number of nitrogens with zero attached hydrogens (tertiary/aromatic N) is 2. The third-order valence-corrected chi connectivity index (χ3v) is 6.88. The van der Waals surface area contributed by atoms with Gasteiger partial charge in [-0.2, -0.15) is 0 Å². The number of benzene rings is 2. The number of amides is 2. The summed E-state index contributed by atoms with van der Waals surface area (Å²) in [5, 5.41) is 2.77. The van der Waals surface area contributed by atoms with E-state index in [-0.39, 0.29) is 5.91 Å². The maximum Gasteiger partial charge on any atom is 0.255 e. The van der Waals surface area contributed by atoms with Gasteiger partial charge in [-0.05, 0) is 69.0 Å². The van der Waals surface area contributed by atoms with Crippen LogP contribution in [0.4, 0.5) is 11.4 Å². The molecule has 0 aliphatic carbocycles. The van der Waals surface area contributed by atoms with E-state index in [4.69, 9.17) is 0 Å². The molecule has 1 aliphatic rings. The van der Waals surface area contributed by atoms with Gasteiger partial charge in [-0.3, -0.25) is 13.9 Å². The van der Waals surface area contributed by atoms with Crippen molar-refractivity contribution in [2.75, 3.05) is 29.0 Å². The molecule has 0 aromatic heterocycles. The molecule has 1 atom stereocenters. The summed E-state index contributed by atoms with van der Waals surface area (Å²) in [6.45, 7) is 6.77. The zero-order valence-electron chi connectivity index (χ0n) is 18.4. The normalized spacial score (nSPS) is 14.9. The van der Waals surface area contributed by atoms with Crippen LogP contribution in [0.15, 0.2) is 42.5 Å². The molecule has 2 aromatic rings. The lowest BCUT2D eigenvalue weighted by Crippen LogP contribution is -2.45. The van der Waals surface area contributed by atoms with E-state index in [2.05, 4.69) is 5.32 Å². The summed E-state index contributed by atoms with van der Waals surface area (Å²) in [5.74, 6) is -0.638. The molecule has 0 radical (unpaired) electrons. The quantitative estimate of drug-likeness (QED) is 0.742. The zero-order valence-corrected chi connectivity index (χ0v) is 19.2. The number of hydrogen-bond acceptors (Lipinski definition) is 4. The van der Waals surface area contributed by atoms with Crippen LogP contribution >= 0.6 is 0 Å². The van der Waals surface area contributed by atoms with E-state index in [1.165, 1.54) is 6.92 Å². The van der Waals surface area contributed by atoms with Crippen LogP contribution in [0.1, 0.15) is 41.3 Å². The summed E-state index contributed by atoms with van der Waals surface area (Å²) in [5.41, 5.74) is 3.17. The van der Waals surface area contributed by atoms with Gasteiger partial charge < -0.3 is 10.2 Å². The molecule has 2 amide bonds. The van der Waals surface area contributed by atoms with Gasteiger partial charge >= 0.3 is 0 Å². The first kappa shape index (κ1) is 22.8. The molecule has 0 saturated carbocycles. The number of carbonyl (C=O) groups excluding carboxylic acids is 2. The molecule has 1 saturated heterocycles. The molecule has 1 heterocycles. The van der Waals surface area contributed by atoms with Gasteiger partial charge in [0.25, 0.3) is 5.91 Å². The second-order valence-electron chi connectivity index (χ2n) is 8.04. The van der Waals surface area contributed by atoms with Gasteiger partial charge in [0.1, 0.15) is 6.04 Å². The molecule has 1 unspecified atom stereocenters. The molecular formula is C23H29N3O4S. The van der Waals surface area contributed by atoms with Gasteiger partial charge in [0, 0.05) is 13.1 Å². The largest absolute Gasteiger partial charge is 0.339 e. The highest BCUT2D eigenvalue weighted by atomic mass is 32.2. The zero-order chi connectivity index (χ0) is 22.8. The van der Waals surface area contributed by atoms with Crippen LogP contribution in [0, 0.1) is 13.8 Å². The second-order valence-corrected chi connectivity index (χ2v) is 9.90. The Morgan fingerprint density at radius 3 is 2.29 bits per heavy atom. The van der Waals surface area contributed by atoms with Crippen molar-refractivity contribution < 1.29 is 18.0 Å². The summed E-state index contributed by atoms with van der Waals surface area (Å²) in [6.07, 6.45) is 3.02. The fourth-order valence-electron chi connectivity index (χ4n) is 3.78. The van der Waals surface area contributed by atoms with E-state index >= 15 is 0 Å². The summed E-state index contributed by atoms with van der Waals surface area (Å²) in [6, 6.07) is 11.1. The van der Waals surface area contributed by atoms with Crippen LogP contribution in [-0.4, -0.2) is 50.5 Å². The fourth-order valence-corrected chi connectivity index (χ4v) is 4.94. The van der Waals surface area contributed by atoms with Crippen molar-refractivity contribution in [3.63, 3.8) is 0 Å². The first-order valence-corrected chi connectivity index (χ1v) is 12.2. The highest BCUT2D eigenvalue weighted by Crippen LogP contribution is 2.25. The van der Waals surface area contributed by atoms with Gasteiger partial charge in [0.05, 0.1) is 23.2 Å². The number of para-hydroxylation sites is 1. The monoisotopic (exact) mass is 443 g/mol. The molecule has 1 fully saturated rings. The Bertz CT molecular complexity index is 1090. The lowest BCUT2D eigenvalue weighted by atomic mass is 10.1. The topological polar surface area (TPSA) is 86.8 Å². The van der Waals surface area contributed by atoms with E-state index in [1.807, 2.05) is 19.9 Å². The summed E-state index contributed by atoms with van der Waals surface area (Å²) < 4.78 is 26.2. The van der Waals surface area contributed by atoms with Crippen molar-refractivity contribution in [3.05, 3.63) is 59.2 Å². The van der Waals surface area contributed by atoms with Crippen molar-refractivity contribution in [2.24, 2.45) is 0 Å². The van der Waals surface area contributed by atoms with Crippen LogP contribution in [-0.2, 0) is 14.8 Å². The minimum atomic E-state index is -3.73. The SMILES string of the molecule is Cc1ccc(N(C(C)C(=O)Nc2ccccc2C(=O)N2CCCC2)S(C)(=O)=O)cc1C. The number of aryl methyl sites for hydroxylation is 2.